The minimum atomic E-state index is -1.36. The second-order valence-electron chi connectivity index (χ2n) is 8.98. The van der Waals surface area contributed by atoms with Crippen LogP contribution in [0.4, 0.5) is 0 Å². The Balaban J connectivity index is 1.80. The fourth-order valence-electron chi connectivity index (χ4n) is 4.59. The van der Waals surface area contributed by atoms with Gasteiger partial charge in [-0.15, -0.1) is 0 Å². The highest BCUT2D eigenvalue weighted by Crippen LogP contribution is 2.43. The number of rotatable bonds is 12. The number of azide groups is 1. The maximum atomic E-state index is 13.7. The minimum absolute atomic E-state index is 0.0575. The van der Waals surface area contributed by atoms with Gasteiger partial charge in [0.1, 0.15) is 11.5 Å². The van der Waals surface area contributed by atoms with Gasteiger partial charge in [0.2, 0.25) is 5.90 Å². The molecule has 1 aliphatic heterocycles. The molecular formula is C29H31N5O5. The zero-order valence-corrected chi connectivity index (χ0v) is 21.9. The van der Waals surface area contributed by atoms with Crippen molar-refractivity contribution in [2.24, 2.45) is 10.1 Å². The van der Waals surface area contributed by atoms with E-state index < -0.39 is 11.6 Å². The molecule has 0 fully saturated rings. The van der Waals surface area contributed by atoms with E-state index in [-0.39, 0.29) is 25.5 Å². The van der Waals surface area contributed by atoms with Gasteiger partial charge in [-0.1, -0.05) is 41.5 Å². The monoisotopic (exact) mass is 529 g/mol. The van der Waals surface area contributed by atoms with E-state index in [2.05, 4.69) is 15.3 Å². The highest BCUT2D eigenvalue weighted by atomic mass is 16.5. The van der Waals surface area contributed by atoms with Crippen LogP contribution in [0.25, 0.3) is 10.4 Å². The number of likely N-dealkylation sites (N-methyl/N-ethyl adjacent to an activating group) is 1. The molecule has 1 heterocycles. The van der Waals surface area contributed by atoms with Crippen molar-refractivity contribution in [2.75, 3.05) is 27.4 Å². The van der Waals surface area contributed by atoms with Crippen molar-refractivity contribution in [1.82, 2.24) is 5.32 Å². The highest BCUT2D eigenvalue weighted by molar-refractivity contribution is 6.01. The lowest BCUT2D eigenvalue weighted by Crippen LogP contribution is -2.49. The molecule has 2 atom stereocenters. The molecule has 3 aromatic rings. The fourth-order valence-corrected chi connectivity index (χ4v) is 4.59. The van der Waals surface area contributed by atoms with Crippen molar-refractivity contribution in [3.8, 4) is 11.5 Å². The summed E-state index contributed by atoms with van der Waals surface area (Å²) >= 11 is 0. The smallest absolute Gasteiger partial charge is 0.252 e. The van der Waals surface area contributed by atoms with Crippen molar-refractivity contribution in [3.05, 3.63) is 105 Å². The van der Waals surface area contributed by atoms with Crippen LogP contribution < -0.4 is 14.8 Å². The summed E-state index contributed by atoms with van der Waals surface area (Å²) in [7, 11) is 3.16. The number of carbonyl (C=O) groups is 1. The SMILES string of the molecule is CNC(=O)[C@]1(Cc2ccccc2CN=[N+]=[N-])N=C(c2ccc(OCCCO)cc2)O[C@@H]1c1cccc(OC)c1. The number of aliphatic imine (C=N–C) groups is 1. The largest absolute Gasteiger partial charge is 0.497 e. The zero-order chi connectivity index (χ0) is 27.7. The van der Waals surface area contributed by atoms with Crippen LogP contribution in [-0.2, 0) is 22.5 Å². The van der Waals surface area contributed by atoms with E-state index in [4.69, 9.17) is 29.8 Å². The van der Waals surface area contributed by atoms with Crippen LogP contribution in [-0.4, -0.2) is 49.8 Å². The van der Waals surface area contributed by atoms with Gasteiger partial charge in [-0.25, -0.2) is 4.99 Å². The van der Waals surface area contributed by atoms with E-state index in [0.717, 1.165) is 16.7 Å². The Hall–Kier alpha value is -4.53. The van der Waals surface area contributed by atoms with Crippen LogP contribution in [0.5, 0.6) is 11.5 Å². The second-order valence-corrected chi connectivity index (χ2v) is 8.98. The Bertz CT molecular complexity index is 1370. The molecule has 10 heteroatoms. The molecule has 0 saturated carbocycles. The van der Waals surface area contributed by atoms with E-state index in [9.17, 15) is 4.79 Å². The van der Waals surface area contributed by atoms with E-state index in [1.54, 1.807) is 26.3 Å². The predicted octanol–water partition coefficient (Wildman–Crippen LogP) is 4.51. The first-order chi connectivity index (χ1) is 19.0. The predicted molar refractivity (Wildman–Crippen MR) is 147 cm³/mol. The van der Waals surface area contributed by atoms with Crippen LogP contribution in [0.3, 0.4) is 0 Å². The van der Waals surface area contributed by atoms with Gasteiger partial charge in [0, 0.05) is 37.0 Å². The Morgan fingerprint density at radius 3 is 2.59 bits per heavy atom. The van der Waals surface area contributed by atoms with E-state index in [1.807, 2.05) is 60.7 Å². The van der Waals surface area contributed by atoms with Crippen LogP contribution >= 0.6 is 0 Å². The molecule has 0 bridgehead atoms. The summed E-state index contributed by atoms with van der Waals surface area (Å²) < 4.78 is 17.6. The molecule has 0 aromatic heterocycles. The average Bonchev–Trinajstić information content (AvgIpc) is 3.37. The molecule has 0 radical (unpaired) electrons. The summed E-state index contributed by atoms with van der Waals surface area (Å²) in [5, 5.41) is 15.5. The number of benzene rings is 3. The number of aliphatic hydroxyl groups is 1. The second kappa shape index (κ2) is 12.8. The lowest BCUT2D eigenvalue weighted by Gasteiger charge is -2.31. The summed E-state index contributed by atoms with van der Waals surface area (Å²) in [5.41, 5.74) is 10.6. The Kier molecular flexibility index (Phi) is 9.04. The molecule has 0 saturated heterocycles. The number of ether oxygens (including phenoxy) is 3. The molecule has 0 unspecified atom stereocenters. The number of aliphatic hydroxyl groups excluding tert-OH is 1. The molecule has 0 aliphatic carbocycles. The average molecular weight is 530 g/mol. The molecule has 202 valence electrons. The van der Waals surface area contributed by atoms with Crippen LogP contribution in [0.1, 0.15) is 34.8 Å². The van der Waals surface area contributed by atoms with Crippen LogP contribution in [0.15, 0.2) is 82.9 Å². The molecule has 0 spiro atoms. The number of carbonyl (C=O) groups excluding carboxylic acids is 1. The zero-order valence-electron chi connectivity index (χ0n) is 21.9. The van der Waals surface area contributed by atoms with Crippen molar-refractivity contribution in [1.29, 1.82) is 0 Å². The van der Waals surface area contributed by atoms with E-state index >= 15 is 0 Å². The first-order valence-electron chi connectivity index (χ1n) is 12.6. The molecule has 1 aliphatic rings. The normalized spacial score (nSPS) is 17.9. The van der Waals surface area contributed by atoms with Crippen LogP contribution in [0, 0.1) is 0 Å². The van der Waals surface area contributed by atoms with Gasteiger partial charge < -0.3 is 24.6 Å². The van der Waals surface area contributed by atoms with E-state index in [1.165, 1.54) is 0 Å². The highest BCUT2D eigenvalue weighted by Gasteiger charge is 2.53. The quantitative estimate of drug-likeness (QED) is 0.154. The van der Waals surface area contributed by atoms with E-state index in [0.29, 0.717) is 36.0 Å². The number of hydrogen-bond acceptors (Lipinski definition) is 7. The lowest BCUT2D eigenvalue weighted by atomic mass is 9.81. The first-order valence-corrected chi connectivity index (χ1v) is 12.6. The molecule has 10 nitrogen and oxygen atoms in total. The van der Waals surface area contributed by atoms with Gasteiger partial charge in [-0.2, -0.15) is 0 Å². The fraction of sp³-hybridized carbons (Fsp3) is 0.310. The first kappa shape index (κ1) is 27.5. The molecule has 4 rings (SSSR count). The lowest BCUT2D eigenvalue weighted by molar-refractivity contribution is -0.128. The third-order valence-corrected chi connectivity index (χ3v) is 6.54. The molecule has 2 N–H and O–H groups in total. The maximum absolute atomic E-state index is 13.7. The van der Waals surface area contributed by atoms with Crippen molar-refractivity contribution < 1.29 is 24.1 Å². The minimum Gasteiger partial charge on any atom is -0.497 e. The van der Waals surface area contributed by atoms with Gasteiger partial charge in [0.15, 0.2) is 11.6 Å². The Labute approximate surface area is 226 Å². The van der Waals surface area contributed by atoms with Gasteiger partial charge >= 0.3 is 0 Å². The third kappa shape index (κ3) is 6.14. The van der Waals surface area contributed by atoms with Crippen LogP contribution in [0.2, 0.25) is 0 Å². The number of amides is 1. The number of hydrogen-bond donors (Lipinski definition) is 2. The summed E-state index contributed by atoms with van der Waals surface area (Å²) in [5.74, 6) is 1.29. The topological polar surface area (TPSA) is 138 Å². The Morgan fingerprint density at radius 2 is 1.90 bits per heavy atom. The number of nitrogens with one attached hydrogen (secondary N) is 1. The van der Waals surface area contributed by atoms with Gasteiger partial charge in [-0.3, -0.25) is 4.79 Å². The summed E-state index contributed by atoms with van der Waals surface area (Å²) in [6, 6.07) is 22.2. The van der Waals surface area contributed by atoms with Gasteiger partial charge in [0.05, 0.1) is 20.3 Å². The van der Waals surface area contributed by atoms with Gasteiger partial charge in [0.25, 0.3) is 5.91 Å². The summed E-state index contributed by atoms with van der Waals surface area (Å²) in [4.78, 5) is 21.6. The molecule has 1 amide bonds. The summed E-state index contributed by atoms with van der Waals surface area (Å²) in [6.07, 6.45) is -0.0248. The number of methoxy groups -OCH3 is 1. The van der Waals surface area contributed by atoms with Crippen molar-refractivity contribution >= 4 is 11.8 Å². The van der Waals surface area contributed by atoms with Crippen molar-refractivity contribution in [2.45, 2.75) is 31.0 Å². The molecule has 39 heavy (non-hydrogen) atoms. The number of nitrogens with zero attached hydrogens (tertiary/aromatic N) is 4. The third-order valence-electron chi connectivity index (χ3n) is 6.54. The maximum Gasteiger partial charge on any atom is 0.252 e. The summed E-state index contributed by atoms with van der Waals surface area (Å²) in [6.45, 7) is 0.609. The van der Waals surface area contributed by atoms with Crippen molar-refractivity contribution in [3.63, 3.8) is 0 Å². The van der Waals surface area contributed by atoms with Gasteiger partial charge in [-0.05, 0) is 58.6 Å². The molecule has 3 aromatic carbocycles. The molecular weight excluding hydrogens is 498 g/mol. The standard InChI is InChI=1S/C29H31N5O5/c1-31-28(36)29(18-22-7-3-4-8-23(22)19-32-34-30)26(21-9-5-10-25(17-21)37-2)39-27(33-29)20-11-13-24(14-12-20)38-16-6-15-35/h3-5,7-14,17,26,35H,6,15-16,18-19H2,1-2H3,(H,31,36)/t26-,29-/m1/s1. The Morgan fingerprint density at radius 1 is 1.13 bits per heavy atom.